The lowest BCUT2D eigenvalue weighted by Gasteiger charge is -2.13. The summed E-state index contributed by atoms with van der Waals surface area (Å²) in [6, 6.07) is 0. The van der Waals surface area contributed by atoms with Gasteiger partial charge in [-0.2, -0.15) is 0 Å². The zero-order chi connectivity index (χ0) is 8.98. The van der Waals surface area contributed by atoms with Gasteiger partial charge in [0.05, 0.1) is 0 Å². The molecule has 2 rings (SSSR count). The molecule has 2 unspecified atom stereocenters. The quantitative estimate of drug-likeness (QED) is 0.686. The number of hydrogen-bond acceptors (Lipinski definition) is 1. The van der Waals surface area contributed by atoms with E-state index in [2.05, 4.69) is 20.8 Å². The van der Waals surface area contributed by atoms with Gasteiger partial charge in [0.1, 0.15) is 0 Å². The first-order chi connectivity index (χ1) is 5.52. The van der Waals surface area contributed by atoms with Crippen molar-refractivity contribution in [3.8, 4) is 0 Å². The van der Waals surface area contributed by atoms with E-state index in [1.807, 2.05) is 0 Å². The summed E-state index contributed by atoms with van der Waals surface area (Å²) in [7, 11) is 0. The van der Waals surface area contributed by atoms with Crippen LogP contribution in [0.15, 0.2) is 0 Å². The third-order valence-electron chi connectivity index (χ3n) is 4.62. The molecule has 1 N–H and O–H groups in total. The molecule has 0 spiro atoms. The van der Waals surface area contributed by atoms with E-state index >= 15 is 0 Å². The van der Waals surface area contributed by atoms with Crippen LogP contribution in [0.2, 0.25) is 0 Å². The predicted octanol–water partition coefficient (Wildman–Crippen LogP) is 2.44. The van der Waals surface area contributed by atoms with Crippen LogP contribution in [0.1, 0.15) is 40.0 Å². The Hall–Kier alpha value is -0.0400. The Morgan fingerprint density at radius 3 is 2.17 bits per heavy atom. The van der Waals surface area contributed by atoms with Gasteiger partial charge in [-0.1, -0.05) is 33.6 Å². The highest BCUT2D eigenvalue weighted by Crippen LogP contribution is 2.72. The molecule has 70 valence electrons. The molecule has 0 aliphatic heterocycles. The number of hydrogen-bond donors (Lipinski definition) is 1. The van der Waals surface area contributed by atoms with Gasteiger partial charge in [0.25, 0.3) is 0 Å². The van der Waals surface area contributed by atoms with Crippen molar-refractivity contribution < 1.29 is 5.11 Å². The monoisotopic (exact) mass is 168 g/mol. The summed E-state index contributed by atoms with van der Waals surface area (Å²) in [4.78, 5) is 0. The first-order valence-corrected chi connectivity index (χ1v) is 5.13. The van der Waals surface area contributed by atoms with Crippen molar-refractivity contribution in [1.29, 1.82) is 0 Å². The van der Waals surface area contributed by atoms with Crippen LogP contribution >= 0.6 is 0 Å². The fraction of sp³-hybridized carbons (Fsp3) is 1.00. The van der Waals surface area contributed by atoms with Gasteiger partial charge in [0, 0.05) is 6.61 Å². The maximum absolute atomic E-state index is 9.21. The highest BCUT2D eigenvalue weighted by molar-refractivity contribution is 5.15. The van der Waals surface area contributed by atoms with E-state index in [1.165, 1.54) is 19.3 Å². The third-order valence-corrected chi connectivity index (χ3v) is 4.62. The van der Waals surface area contributed by atoms with E-state index in [0.29, 0.717) is 23.4 Å². The fourth-order valence-electron chi connectivity index (χ4n) is 2.95. The Bertz CT molecular complexity index is 193. The zero-order valence-corrected chi connectivity index (χ0v) is 8.43. The Morgan fingerprint density at radius 1 is 1.25 bits per heavy atom. The summed E-state index contributed by atoms with van der Waals surface area (Å²) in [6.07, 6.45) is 4.22. The van der Waals surface area contributed by atoms with Crippen LogP contribution in [0, 0.1) is 22.7 Å². The zero-order valence-electron chi connectivity index (χ0n) is 8.43. The van der Waals surface area contributed by atoms with Crippen LogP contribution in [-0.2, 0) is 0 Å². The third kappa shape index (κ3) is 0.953. The molecule has 0 amide bonds. The first-order valence-electron chi connectivity index (χ1n) is 5.13. The van der Waals surface area contributed by atoms with Gasteiger partial charge in [-0.25, -0.2) is 0 Å². The summed E-state index contributed by atoms with van der Waals surface area (Å²) in [5, 5.41) is 9.21. The van der Waals surface area contributed by atoms with Crippen molar-refractivity contribution in [2.45, 2.75) is 40.0 Å². The number of aliphatic hydroxyl groups excluding tert-OH is 1. The standard InChI is InChI=1S/C11H20O/c1-10(2)9(7-12)11(10,3)6-8-4-5-8/h8-9,12H,4-7H2,1-3H3. The van der Waals surface area contributed by atoms with Gasteiger partial charge in [-0.15, -0.1) is 0 Å². The molecule has 0 saturated heterocycles. The van der Waals surface area contributed by atoms with E-state index in [1.54, 1.807) is 0 Å². The Morgan fingerprint density at radius 2 is 1.83 bits per heavy atom. The molecule has 2 atom stereocenters. The molecular formula is C11H20O. The maximum atomic E-state index is 9.21. The van der Waals surface area contributed by atoms with Crippen LogP contribution in [0.25, 0.3) is 0 Å². The van der Waals surface area contributed by atoms with Crippen molar-refractivity contribution in [1.82, 2.24) is 0 Å². The van der Waals surface area contributed by atoms with Gasteiger partial charge in [0.15, 0.2) is 0 Å². The second kappa shape index (κ2) is 2.25. The summed E-state index contributed by atoms with van der Waals surface area (Å²) in [5.74, 6) is 1.55. The molecule has 0 aromatic carbocycles. The molecule has 1 nitrogen and oxygen atoms in total. The van der Waals surface area contributed by atoms with E-state index in [-0.39, 0.29) is 0 Å². The van der Waals surface area contributed by atoms with Gasteiger partial charge >= 0.3 is 0 Å². The van der Waals surface area contributed by atoms with Gasteiger partial charge < -0.3 is 5.11 Å². The molecule has 0 aromatic rings. The lowest BCUT2D eigenvalue weighted by molar-refractivity contribution is 0.244. The van der Waals surface area contributed by atoms with Gasteiger partial charge in [-0.05, 0) is 29.1 Å². The van der Waals surface area contributed by atoms with Crippen molar-refractivity contribution in [3.05, 3.63) is 0 Å². The molecule has 0 heterocycles. The molecular weight excluding hydrogens is 148 g/mol. The van der Waals surface area contributed by atoms with E-state index in [0.717, 1.165) is 5.92 Å². The second-order valence-electron chi connectivity index (χ2n) is 5.52. The molecule has 2 aliphatic carbocycles. The SMILES string of the molecule is CC1(C)C(CO)C1(C)CC1CC1. The van der Waals surface area contributed by atoms with Crippen LogP contribution in [0.3, 0.4) is 0 Å². The fourth-order valence-corrected chi connectivity index (χ4v) is 2.95. The van der Waals surface area contributed by atoms with E-state index in [9.17, 15) is 5.11 Å². The first kappa shape index (κ1) is 8.55. The normalized spacial score (nSPS) is 44.5. The lowest BCUT2D eigenvalue weighted by atomic mass is 9.92. The minimum atomic E-state index is 0.385. The minimum Gasteiger partial charge on any atom is -0.396 e. The van der Waals surface area contributed by atoms with Crippen molar-refractivity contribution in [2.24, 2.45) is 22.7 Å². The highest BCUT2D eigenvalue weighted by Gasteiger charge is 2.67. The molecule has 1 heteroatoms. The molecule has 0 aromatic heterocycles. The maximum Gasteiger partial charge on any atom is 0.0470 e. The smallest absolute Gasteiger partial charge is 0.0470 e. The molecule has 0 bridgehead atoms. The van der Waals surface area contributed by atoms with Gasteiger partial charge in [0.2, 0.25) is 0 Å². The van der Waals surface area contributed by atoms with E-state index < -0.39 is 0 Å². The van der Waals surface area contributed by atoms with Crippen LogP contribution in [0.4, 0.5) is 0 Å². The Balaban J connectivity index is 2.01. The number of aliphatic hydroxyl groups is 1. The largest absolute Gasteiger partial charge is 0.396 e. The molecule has 12 heavy (non-hydrogen) atoms. The van der Waals surface area contributed by atoms with Crippen LogP contribution in [-0.4, -0.2) is 11.7 Å². The lowest BCUT2D eigenvalue weighted by Crippen LogP contribution is -2.05. The second-order valence-corrected chi connectivity index (χ2v) is 5.52. The molecule has 2 fully saturated rings. The molecule has 2 aliphatic rings. The van der Waals surface area contributed by atoms with Crippen LogP contribution < -0.4 is 0 Å². The predicted molar refractivity (Wildman–Crippen MR) is 49.8 cm³/mol. The highest BCUT2D eigenvalue weighted by atomic mass is 16.3. The van der Waals surface area contributed by atoms with Crippen LogP contribution in [0.5, 0.6) is 0 Å². The Labute approximate surface area is 75.2 Å². The number of rotatable bonds is 3. The molecule has 2 saturated carbocycles. The Kier molecular flexibility index (Phi) is 1.61. The average Bonchev–Trinajstić information content (AvgIpc) is 2.78. The molecule has 0 radical (unpaired) electrons. The van der Waals surface area contributed by atoms with E-state index in [4.69, 9.17) is 0 Å². The summed E-state index contributed by atoms with van der Waals surface area (Å²) in [6.45, 7) is 7.34. The minimum absolute atomic E-state index is 0.385. The van der Waals surface area contributed by atoms with Crippen molar-refractivity contribution >= 4 is 0 Å². The van der Waals surface area contributed by atoms with Crippen molar-refractivity contribution in [2.75, 3.05) is 6.61 Å². The van der Waals surface area contributed by atoms with Gasteiger partial charge in [-0.3, -0.25) is 0 Å². The summed E-state index contributed by atoms with van der Waals surface area (Å²) < 4.78 is 0. The average molecular weight is 168 g/mol. The topological polar surface area (TPSA) is 20.2 Å². The summed E-state index contributed by atoms with van der Waals surface area (Å²) >= 11 is 0. The van der Waals surface area contributed by atoms with Crippen molar-refractivity contribution in [3.63, 3.8) is 0 Å². The summed E-state index contributed by atoms with van der Waals surface area (Å²) in [5.41, 5.74) is 0.841.